The van der Waals surface area contributed by atoms with E-state index in [1.807, 2.05) is 6.08 Å². The molecule has 3 aliphatic rings. The van der Waals surface area contributed by atoms with Crippen molar-refractivity contribution in [3.63, 3.8) is 0 Å². The van der Waals surface area contributed by atoms with Crippen molar-refractivity contribution >= 4 is 22.6 Å². The summed E-state index contributed by atoms with van der Waals surface area (Å²) in [6, 6.07) is 0. The minimum absolute atomic E-state index is 0.0278. The Hall–Kier alpha value is -1.82. The lowest BCUT2D eigenvalue weighted by Crippen LogP contribution is -2.47. The number of hydrogen-bond donors (Lipinski definition) is 0. The molecule has 3 heterocycles. The van der Waals surface area contributed by atoms with Crippen LogP contribution in [0.4, 0.5) is 0 Å². The Balaban J connectivity index is 2.02. The summed E-state index contributed by atoms with van der Waals surface area (Å²) in [4.78, 5) is 13.5. The molecule has 0 amide bonds. The second kappa shape index (κ2) is 18.3. The van der Waals surface area contributed by atoms with Crippen LogP contribution in [0.5, 0.6) is 0 Å². The highest BCUT2D eigenvalue weighted by molar-refractivity contribution is 6.74. The van der Waals surface area contributed by atoms with Gasteiger partial charge in [0, 0.05) is 12.5 Å². The van der Waals surface area contributed by atoms with Gasteiger partial charge in [0.15, 0.2) is 16.6 Å². The maximum absolute atomic E-state index is 13.5. The fourth-order valence-electron chi connectivity index (χ4n) is 6.10. The molecular weight excluding hydrogens is 657 g/mol. The van der Waals surface area contributed by atoms with Gasteiger partial charge in [0.25, 0.3) is 0 Å². The minimum Gasteiger partial charge on any atom is -0.456 e. The summed E-state index contributed by atoms with van der Waals surface area (Å²) >= 11 is 0. The SMILES string of the molecule is C=C1C[C@H](C)C[C@@H]2CC=C[C@@H](CC=CC(=O)O[C@H]([C@H](C=C[C@@H]3CC(C)=CCO3)O[Si](C)(C)C(C)(C)C)CC=C[C@H](O[Si](C)(C)C(C)(C)C)C1)O2. The number of cyclic esters (lactones) is 1. The largest absolute Gasteiger partial charge is 0.456 e. The topological polar surface area (TPSA) is 63.2 Å². The van der Waals surface area contributed by atoms with E-state index in [0.29, 0.717) is 25.4 Å². The molecule has 282 valence electrons. The maximum atomic E-state index is 13.5. The van der Waals surface area contributed by atoms with Crippen LogP contribution >= 0.6 is 0 Å². The number of carbonyl (C=O) groups is 1. The third kappa shape index (κ3) is 13.6. The summed E-state index contributed by atoms with van der Waals surface area (Å²) in [6.07, 6.45) is 22.9. The number of fused-ring (bicyclic) bond motifs is 2. The summed E-state index contributed by atoms with van der Waals surface area (Å²) in [5, 5.41) is 0.0376. The van der Waals surface area contributed by atoms with E-state index >= 15 is 0 Å². The Kier molecular flexibility index (Phi) is 15.6. The van der Waals surface area contributed by atoms with Crippen LogP contribution in [0, 0.1) is 5.92 Å². The van der Waals surface area contributed by atoms with Gasteiger partial charge in [-0.15, -0.1) is 0 Å². The van der Waals surface area contributed by atoms with Gasteiger partial charge >= 0.3 is 5.97 Å². The van der Waals surface area contributed by atoms with Crippen LogP contribution in [0.3, 0.4) is 0 Å². The highest BCUT2D eigenvalue weighted by Crippen LogP contribution is 2.40. The normalized spacial score (nSPS) is 29.3. The van der Waals surface area contributed by atoms with Gasteiger partial charge in [0.1, 0.15) is 12.2 Å². The molecule has 0 N–H and O–H groups in total. The molecule has 0 radical (unpaired) electrons. The standard InChI is InChI=1S/C42H70O6Si2/c1-31-25-26-44-35(28-31)23-24-39(48-50(12,13)42(7,8)9)38-21-15-20-37(47-49(10,11)41(4,5)6)30-33(3)27-32(2)29-36-19-14-17-34(45-36)18-16-22-40(43)46-38/h14-17,20,22-25,32,34-39H,3,18-19,21,26-30H2,1-2,4-13H3/t32-,34-,35+,36-,37-,38-,39-/m0/s1. The smallest absolute Gasteiger partial charge is 0.330 e. The van der Waals surface area contributed by atoms with E-state index in [1.54, 1.807) is 6.08 Å². The third-order valence-corrected chi connectivity index (χ3v) is 20.1. The van der Waals surface area contributed by atoms with Crippen LogP contribution in [0.1, 0.15) is 100 Å². The highest BCUT2D eigenvalue weighted by Gasteiger charge is 2.41. The Bertz CT molecular complexity index is 1280. The van der Waals surface area contributed by atoms with Gasteiger partial charge in [-0.1, -0.05) is 115 Å². The van der Waals surface area contributed by atoms with E-state index in [0.717, 1.165) is 32.1 Å². The summed E-state index contributed by atoms with van der Waals surface area (Å²) in [7, 11) is -4.36. The second-order valence-corrected chi connectivity index (χ2v) is 27.5. The van der Waals surface area contributed by atoms with E-state index in [9.17, 15) is 4.79 Å². The Labute approximate surface area is 307 Å². The zero-order valence-electron chi connectivity index (χ0n) is 33.6. The zero-order valence-corrected chi connectivity index (χ0v) is 35.6. The molecule has 3 rings (SSSR count). The van der Waals surface area contributed by atoms with E-state index in [-0.39, 0.29) is 40.5 Å². The summed E-state index contributed by atoms with van der Waals surface area (Å²) in [5.74, 6) is 0.0697. The molecule has 0 saturated carbocycles. The second-order valence-electron chi connectivity index (χ2n) is 18.0. The first-order chi connectivity index (χ1) is 23.1. The Morgan fingerprint density at radius 2 is 1.60 bits per heavy atom. The maximum Gasteiger partial charge on any atom is 0.330 e. The lowest BCUT2D eigenvalue weighted by Gasteiger charge is -2.40. The summed E-state index contributed by atoms with van der Waals surface area (Å²) in [6.45, 7) is 32.2. The van der Waals surface area contributed by atoms with Crippen LogP contribution in [-0.4, -0.2) is 65.8 Å². The highest BCUT2D eigenvalue weighted by atomic mass is 28.4. The third-order valence-electron chi connectivity index (χ3n) is 11.2. The average molecular weight is 727 g/mol. The van der Waals surface area contributed by atoms with E-state index in [4.69, 9.17) is 23.1 Å². The van der Waals surface area contributed by atoms with Gasteiger partial charge in [0.05, 0.1) is 31.0 Å². The van der Waals surface area contributed by atoms with Crippen LogP contribution < -0.4 is 0 Å². The number of ether oxygens (including phenoxy) is 3. The Morgan fingerprint density at radius 1 is 0.920 bits per heavy atom. The first kappa shape index (κ1) is 42.6. The molecule has 6 nitrogen and oxygen atoms in total. The molecule has 3 aliphatic heterocycles. The number of rotatable bonds is 7. The van der Waals surface area contributed by atoms with Crippen molar-refractivity contribution in [2.45, 2.75) is 173 Å². The van der Waals surface area contributed by atoms with Crippen molar-refractivity contribution in [1.82, 2.24) is 0 Å². The van der Waals surface area contributed by atoms with Crippen molar-refractivity contribution in [3.05, 3.63) is 72.4 Å². The molecule has 0 saturated heterocycles. The van der Waals surface area contributed by atoms with Gasteiger partial charge in [-0.2, -0.15) is 0 Å². The molecule has 7 atom stereocenters. The van der Waals surface area contributed by atoms with Crippen LogP contribution in [0.25, 0.3) is 0 Å². The summed E-state index contributed by atoms with van der Waals surface area (Å²) in [5.41, 5.74) is 2.51. The van der Waals surface area contributed by atoms with Gasteiger partial charge in [-0.05, 0) is 87.6 Å². The molecule has 0 unspecified atom stereocenters. The lowest BCUT2D eigenvalue weighted by atomic mass is 9.91. The molecule has 0 spiro atoms. The van der Waals surface area contributed by atoms with Crippen LogP contribution in [0.2, 0.25) is 36.3 Å². The predicted octanol–water partition coefficient (Wildman–Crippen LogP) is 11.0. The van der Waals surface area contributed by atoms with Crippen molar-refractivity contribution in [3.8, 4) is 0 Å². The molecule has 0 aromatic heterocycles. The predicted molar refractivity (Wildman–Crippen MR) is 213 cm³/mol. The van der Waals surface area contributed by atoms with Crippen molar-refractivity contribution in [2.24, 2.45) is 5.92 Å². The molecule has 0 aliphatic carbocycles. The number of carbonyl (C=O) groups excluding carboxylic acids is 1. The summed E-state index contributed by atoms with van der Waals surface area (Å²) < 4.78 is 32.9. The van der Waals surface area contributed by atoms with Gasteiger partial charge in [-0.3, -0.25) is 0 Å². The van der Waals surface area contributed by atoms with Crippen molar-refractivity contribution < 1.29 is 27.9 Å². The first-order valence-electron chi connectivity index (χ1n) is 19.0. The van der Waals surface area contributed by atoms with Crippen LogP contribution in [0.15, 0.2) is 72.4 Å². The monoisotopic (exact) mass is 726 g/mol. The molecule has 2 bridgehead atoms. The Morgan fingerprint density at radius 3 is 2.26 bits per heavy atom. The molecular formula is C42H70O6Si2. The lowest BCUT2D eigenvalue weighted by molar-refractivity contribution is -0.146. The van der Waals surface area contributed by atoms with E-state index in [2.05, 4.69) is 131 Å². The van der Waals surface area contributed by atoms with Crippen molar-refractivity contribution in [1.29, 1.82) is 0 Å². The first-order valence-corrected chi connectivity index (χ1v) is 24.8. The van der Waals surface area contributed by atoms with Gasteiger partial charge in [0.2, 0.25) is 0 Å². The van der Waals surface area contributed by atoms with E-state index < -0.39 is 28.8 Å². The fourth-order valence-corrected chi connectivity index (χ4v) is 8.64. The molecule has 8 heteroatoms. The zero-order chi connectivity index (χ0) is 37.3. The quantitative estimate of drug-likeness (QED) is 0.148. The molecule has 0 fully saturated rings. The van der Waals surface area contributed by atoms with Crippen molar-refractivity contribution in [2.75, 3.05) is 6.61 Å². The molecule has 0 aromatic rings. The fraction of sp³-hybridized carbons (Fsp3) is 0.690. The van der Waals surface area contributed by atoms with Gasteiger partial charge in [-0.25, -0.2) is 4.79 Å². The molecule has 50 heavy (non-hydrogen) atoms. The minimum atomic E-state index is -2.27. The number of esters is 1. The number of hydrogen-bond acceptors (Lipinski definition) is 6. The van der Waals surface area contributed by atoms with E-state index in [1.165, 1.54) is 11.1 Å². The molecule has 0 aromatic carbocycles. The van der Waals surface area contributed by atoms with Crippen LogP contribution in [-0.2, 0) is 27.9 Å². The average Bonchev–Trinajstić information content (AvgIpc) is 2.97. The van der Waals surface area contributed by atoms with Gasteiger partial charge < -0.3 is 23.1 Å².